The Kier molecular flexibility index (Phi) is 2.06. The fourth-order valence-corrected chi connectivity index (χ4v) is 1.16. The monoisotopic (exact) mass is 174 g/mol. The summed E-state index contributed by atoms with van der Waals surface area (Å²) in [5.74, 6) is 0.708. The molecule has 2 aromatic heterocycles. The summed E-state index contributed by atoms with van der Waals surface area (Å²) < 4.78 is 1.91. The normalized spacial score (nSPS) is 11.5. The molecule has 0 atom stereocenters. The molecule has 0 aliphatic rings. The third-order valence-electron chi connectivity index (χ3n) is 1.74. The molecule has 0 spiro atoms. The van der Waals surface area contributed by atoms with Crippen molar-refractivity contribution < 1.29 is 0 Å². The SMILES string of the molecule is NC/C=C/c1cnc2ncccn12. The molecule has 2 N–H and O–H groups in total. The summed E-state index contributed by atoms with van der Waals surface area (Å²) in [4.78, 5) is 8.23. The third-order valence-corrected chi connectivity index (χ3v) is 1.74. The zero-order valence-electron chi connectivity index (χ0n) is 7.09. The number of fused-ring (bicyclic) bond motifs is 1. The zero-order chi connectivity index (χ0) is 9.10. The average Bonchev–Trinajstić information content (AvgIpc) is 2.58. The lowest BCUT2D eigenvalue weighted by molar-refractivity contribution is 1.10. The molecule has 4 nitrogen and oxygen atoms in total. The van der Waals surface area contributed by atoms with Crippen LogP contribution in [0.4, 0.5) is 0 Å². The Balaban J connectivity index is 2.52. The van der Waals surface area contributed by atoms with E-state index in [9.17, 15) is 0 Å². The molecule has 0 aliphatic heterocycles. The number of rotatable bonds is 2. The van der Waals surface area contributed by atoms with Gasteiger partial charge < -0.3 is 5.73 Å². The van der Waals surface area contributed by atoms with Gasteiger partial charge in [0.05, 0.1) is 11.9 Å². The Morgan fingerprint density at radius 1 is 1.46 bits per heavy atom. The number of hydrogen-bond donors (Lipinski definition) is 1. The summed E-state index contributed by atoms with van der Waals surface area (Å²) in [5, 5.41) is 0. The van der Waals surface area contributed by atoms with Crippen molar-refractivity contribution in [3.63, 3.8) is 0 Å². The summed E-state index contributed by atoms with van der Waals surface area (Å²) in [5.41, 5.74) is 6.35. The van der Waals surface area contributed by atoms with E-state index in [-0.39, 0.29) is 0 Å². The summed E-state index contributed by atoms with van der Waals surface area (Å²) in [6, 6.07) is 1.87. The van der Waals surface area contributed by atoms with Crippen LogP contribution in [0.5, 0.6) is 0 Å². The number of hydrogen-bond acceptors (Lipinski definition) is 3. The molecule has 2 aromatic rings. The molecular formula is C9H10N4. The Hall–Kier alpha value is -1.68. The molecule has 2 rings (SSSR count). The van der Waals surface area contributed by atoms with Crippen molar-refractivity contribution in [2.45, 2.75) is 0 Å². The van der Waals surface area contributed by atoms with Gasteiger partial charge in [-0.15, -0.1) is 0 Å². The van der Waals surface area contributed by atoms with E-state index in [1.54, 1.807) is 12.4 Å². The Labute approximate surface area is 75.7 Å². The van der Waals surface area contributed by atoms with Crippen LogP contribution in [0.1, 0.15) is 5.69 Å². The maximum atomic E-state index is 5.36. The molecule has 0 aromatic carbocycles. The first-order valence-corrected chi connectivity index (χ1v) is 4.06. The highest BCUT2D eigenvalue weighted by Gasteiger charge is 1.97. The van der Waals surface area contributed by atoms with Gasteiger partial charge in [0, 0.05) is 18.9 Å². The Morgan fingerprint density at radius 2 is 2.38 bits per heavy atom. The lowest BCUT2D eigenvalue weighted by Crippen LogP contribution is -1.93. The van der Waals surface area contributed by atoms with Crippen molar-refractivity contribution in [1.82, 2.24) is 14.4 Å². The molecule has 66 valence electrons. The first-order chi connectivity index (χ1) is 6.42. The fraction of sp³-hybridized carbons (Fsp3) is 0.111. The van der Waals surface area contributed by atoms with Gasteiger partial charge in [0.15, 0.2) is 0 Å². The first-order valence-electron chi connectivity index (χ1n) is 4.06. The van der Waals surface area contributed by atoms with Gasteiger partial charge in [0.2, 0.25) is 5.78 Å². The second-order valence-electron chi connectivity index (χ2n) is 2.61. The van der Waals surface area contributed by atoms with E-state index in [1.807, 2.05) is 28.8 Å². The van der Waals surface area contributed by atoms with Gasteiger partial charge in [-0.2, -0.15) is 0 Å². The van der Waals surface area contributed by atoms with E-state index in [0.29, 0.717) is 12.3 Å². The minimum atomic E-state index is 0.535. The summed E-state index contributed by atoms with van der Waals surface area (Å²) in [6.07, 6.45) is 9.23. The average molecular weight is 174 g/mol. The van der Waals surface area contributed by atoms with Crippen molar-refractivity contribution >= 4 is 11.9 Å². The van der Waals surface area contributed by atoms with E-state index >= 15 is 0 Å². The van der Waals surface area contributed by atoms with Gasteiger partial charge in [0.1, 0.15) is 0 Å². The van der Waals surface area contributed by atoms with Crippen LogP contribution in [0.15, 0.2) is 30.7 Å². The molecule has 0 aliphatic carbocycles. The number of nitrogens with two attached hydrogens (primary N) is 1. The minimum Gasteiger partial charge on any atom is -0.327 e. The maximum absolute atomic E-state index is 5.36. The molecule has 0 radical (unpaired) electrons. The smallest absolute Gasteiger partial charge is 0.234 e. The molecule has 4 heteroatoms. The number of nitrogens with zero attached hydrogens (tertiary/aromatic N) is 3. The number of imidazole rings is 1. The molecule has 0 amide bonds. The molecule has 0 bridgehead atoms. The quantitative estimate of drug-likeness (QED) is 0.729. The van der Waals surface area contributed by atoms with E-state index in [4.69, 9.17) is 5.73 Å². The van der Waals surface area contributed by atoms with Crippen molar-refractivity contribution in [3.05, 3.63) is 36.4 Å². The van der Waals surface area contributed by atoms with Crippen LogP contribution < -0.4 is 5.73 Å². The highest BCUT2D eigenvalue weighted by atomic mass is 15.1. The van der Waals surface area contributed by atoms with Crippen molar-refractivity contribution in [3.8, 4) is 0 Å². The van der Waals surface area contributed by atoms with Crippen LogP contribution in [0, 0.1) is 0 Å². The molecule has 0 saturated heterocycles. The highest BCUT2D eigenvalue weighted by Crippen LogP contribution is 2.04. The van der Waals surface area contributed by atoms with Gasteiger partial charge in [-0.25, -0.2) is 9.97 Å². The van der Waals surface area contributed by atoms with Crippen molar-refractivity contribution in [1.29, 1.82) is 0 Å². The predicted molar refractivity (Wildman–Crippen MR) is 51.1 cm³/mol. The Bertz CT molecular complexity index is 430. The third kappa shape index (κ3) is 1.43. The van der Waals surface area contributed by atoms with Crippen LogP contribution in [0.2, 0.25) is 0 Å². The van der Waals surface area contributed by atoms with Gasteiger partial charge in [-0.3, -0.25) is 4.40 Å². The molecule has 0 unspecified atom stereocenters. The largest absolute Gasteiger partial charge is 0.327 e. The summed E-state index contributed by atoms with van der Waals surface area (Å²) in [6.45, 7) is 0.535. The van der Waals surface area contributed by atoms with Crippen LogP contribution >= 0.6 is 0 Å². The van der Waals surface area contributed by atoms with E-state index in [0.717, 1.165) is 5.69 Å². The lowest BCUT2D eigenvalue weighted by atomic mass is 10.4. The molecular weight excluding hydrogens is 164 g/mol. The van der Waals surface area contributed by atoms with Crippen molar-refractivity contribution in [2.75, 3.05) is 6.54 Å². The van der Waals surface area contributed by atoms with Crippen LogP contribution in [-0.2, 0) is 0 Å². The first kappa shape index (κ1) is 7.94. The second-order valence-corrected chi connectivity index (χ2v) is 2.61. The highest BCUT2D eigenvalue weighted by molar-refractivity contribution is 5.49. The van der Waals surface area contributed by atoms with E-state index in [2.05, 4.69) is 9.97 Å². The summed E-state index contributed by atoms with van der Waals surface area (Å²) >= 11 is 0. The van der Waals surface area contributed by atoms with Crippen LogP contribution in [-0.4, -0.2) is 20.9 Å². The van der Waals surface area contributed by atoms with Crippen LogP contribution in [0.25, 0.3) is 11.9 Å². The molecule has 0 saturated carbocycles. The van der Waals surface area contributed by atoms with Crippen LogP contribution in [0.3, 0.4) is 0 Å². The lowest BCUT2D eigenvalue weighted by Gasteiger charge is -1.93. The van der Waals surface area contributed by atoms with Gasteiger partial charge in [-0.1, -0.05) is 6.08 Å². The topological polar surface area (TPSA) is 56.2 Å². The van der Waals surface area contributed by atoms with Gasteiger partial charge in [0.25, 0.3) is 0 Å². The molecule has 0 fully saturated rings. The maximum Gasteiger partial charge on any atom is 0.234 e. The van der Waals surface area contributed by atoms with Crippen molar-refractivity contribution in [2.24, 2.45) is 5.73 Å². The van der Waals surface area contributed by atoms with E-state index in [1.165, 1.54) is 0 Å². The Morgan fingerprint density at radius 3 is 3.23 bits per heavy atom. The van der Waals surface area contributed by atoms with Gasteiger partial charge in [-0.05, 0) is 12.1 Å². The predicted octanol–water partition coefficient (Wildman–Crippen LogP) is 0.701. The molecule has 2 heterocycles. The summed E-state index contributed by atoms with van der Waals surface area (Å²) in [7, 11) is 0. The zero-order valence-corrected chi connectivity index (χ0v) is 7.09. The minimum absolute atomic E-state index is 0.535. The fourth-order valence-electron chi connectivity index (χ4n) is 1.16. The number of aromatic nitrogens is 3. The standard InChI is InChI=1S/C9H10N4/c10-4-1-3-8-7-12-9-11-5-2-6-13(8)9/h1-3,5-7H,4,10H2/b3-1+. The second kappa shape index (κ2) is 3.37. The van der Waals surface area contributed by atoms with E-state index < -0.39 is 0 Å². The van der Waals surface area contributed by atoms with Gasteiger partial charge >= 0.3 is 0 Å². The molecule has 13 heavy (non-hydrogen) atoms.